The topological polar surface area (TPSA) is 0 Å². The molecule has 2 heteroatoms. The van der Waals surface area contributed by atoms with E-state index in [4.69, 9.17) is 0 Å². The van der Waals surface area contributed by atoms with Gasteiger partial charge in [0.05, 0.1) is 0 Å². The summed E-state index contributed by atoms with van der Waals surface area (Å²) < 4.78 is 0. The second kappa shape index (κ2) is 5.62. The summed E-state index contributed by atoms with van der Waals surface area (Å²) in [6.45, 7) is 0. The molecule has 0 unspecified atom stereocenters. The minimum atomic E-state index is 0. The second-order valence-electron chi connectivity index (χ2n) is 2.88. The van der Waals surface area contributed by atoms with Gasteiger partial charge in [-0.1, -0.05) is 48.5 Å². The van der Waals surface area contributed by atoms with Crippen molar-refractivity contribution in [3.8, 4) is 11.1 Å². The van der Waals surface area contributed by atoms with Gasteiger partial charge in [0.25, 0.3) is 0 Å². The zero-order valence-corrected chi connectivity index (χ0v) is 11.0. The molecule has 66 valence electrons. The molecule has 0 aliphatic rings. The first-order valence-electron chi connectivity index (χ1n) is 4.21. The summed E-state index contributed by atoms with van der Waals surface area (Å²) in [7, 11) is 0. The Labute approximate surface area is 114 Å². The van der Waals surface area contributed by atoms with Gasteiger partial charge < -0.3 is 1.43 Å². The van der Waals surface area contributed by atoms with Crippen LogP contribution in [0.15, 0.2) is 59.5 Å². The molecule has 0 saturated carbocycles. The first kappa shape index (κ1) is 11.9. The summed E-state index contributed by atoms with van der Waals surface area (Å²) in [4.78, 5) is 1.02. The number of hydrogen-bond donors (Lipinski definition) is 1. The third-order valence-corrected chi connectivity index (χ3v) is 2.38. The largest absolute Gasteiger partial charge is 1.00 e. The summed E-state index contributed by atoms with van der Waals surface area (Å²) >= 11 is 4.41. The maximum Gasteiger partial charge on any atom is 1.00 e. The summed E-state index contributed by atoms with van der Waals surface area (Å²) in [5, 5.41) is 0. The molecule has 0 radical (unpaired) electrons. The number of thiol groups is 1. The molecule has 0 fully saturated rings. The van der Waals surface area contributed by atoms with Crippen molar-refractivity contribution in [3.05, 3.63) is 54.6 Å². The molecule has 0 aromatic heterocycles. The van der Waals surface area contributed by atoms with E-state index in [0.29, 0.717) is 0 Å². The van der Waals surface area contributed by atoms with Crippen LogP contribution in [-0.4, -0.2) is 0 Å². The van der Waals surface area contributed by atoms with Crippen LogP contribution in [0.2, 0.25) is 0 Å². The number of rotatable bonds is 1. The average Bonchev–Trinajstić information content (AvgIpc) is 2.20. The van der Waals surface area contributed by atoms with E-state index in [9.17, 15) is 0 Å². The Morgan fingerprint density at radius 3 is 2.00 bits per heavy atom. The summed E-state index contributed by atoms with van der Waals surface area (Å²) in [5.74, 6) is 0. The quantitative estimate of drug-likeness (QED) is 0.521. The van der Waals surface area contributed by atoms with Gasteiger partial charge in [-0.25, -0.2) is 0 Å². The first-order chi connectivity index (χ1) is 6.38. The van der Waals surface area contributed by atoms with E-state index in [-0.39, 0.29) is 31.0 Å². The molecule has 0 N–H and O–H groups in total. The van der Waals surface area contributed by atoms with Gasteiger partial charge in [0.2, 0.25) is 0 Å². The van der Waals surface area contributed by atoms with Crippen molar-refractivity contribution < 1.29 is 31.0 Å². The zero-order chi connectivity index (χ0) is 9.10. The summed E-state index contributed by atoms with van der Waals surface area (Å²) in [5.41, 5.74) is 2.40. The van der Waals surface area contributed by atoms with Gasteiger partial charge in [0, 0.05) is 4.90 Å². The van der Waals surface area contributed by atoms with E-state index in [1.807, 2.05) is 36.4 Å². The normalized spacial score (nSPS) is 9.21. The molecule has 0 bridgehead atoms. The van der Waals surface area contributed by atoms with Gasteiger partial charge in [-0.05, 0) is 17.2 Å². The van der Waals surface area contributed by atoms with Crippen molar-refractivity contribution in [1.82, 2.24) is 0 Å². The minimum Gasteiger partial charge on any atom is -1.00 e. The standard InChI is InChI=1S/C12H10S.Na.H/c13-12-9-5-4-8-11(12)10-6-2-1-3-7-10;;/h1-9,13H;;/q;+1;-1. The minimum absolute atomic E-state index is 0. The van der Waals surface area contributed by atoms with Crippen molar-refractivity contribution in [1.29, 1.82) is 0 Å². The van der Waals surface area contributed by atoms with Gasteiger partial charge in [-0.3, -0.25) is 0 Å². The van der Waals surface area contributed by atoms with E-state index >= 15 is 0 Å². The Bertz CT molecular complexity index is 403. The van der Waals surface area contributed by atoms with E-state index < -0.39 is 0 Å². The smallest absolute Gasteiger partial charge is 1.00 e. The monoisotopic (exact) mass is 210 g/mol. The van der Waals surface area contributed by atoms with Crippen LogP contribution in [-0.2, 0) is 0 Å². The maximum absolute atomic E-state index is 4.41. The molecular weight excluding hydrogens is 199 g/mol. The Balaban J connectivity index is 0.000000980. The van der Waals surface area contributed by atoms with E-state index in [2.05, 4.69) is 30.8 Å². The molecule has 2 rings (SSSR count). The molecule has 0 aliphatic heterocycles. The van der Waals surface area contributed by atoms with Crippen molar-refractivity contribution >= 4 is 12.6 Å². The molecule has 0 amide bonds. The molecule has 2 aromatic carbocycles. The van der Waals surface area contributed by atoms with E-state index in [1.54, 1.807) is 0 Å². The summed E-state index contributed by atoms with van der Waals surface area (Å²) in [6, 6.07) is 18.4. The van der Waals surface area contributed by atoms with Crippen molar-refractivity contribution in [3.63, 3.8) is 0 Å². The molecule has 0 heterocycles. The Morgan fingerprint density at radius 1 is 0.786 bits per heavy atom. The van der Waals surface area contributed by atoms with Crippen molar-refractivity contribution in [2.75, 3.05) is 0 Å². The van der Waals surface area contributed by atoms with Crippen LogP contribution >= 0.6 is 12.6 Å². The maximum atomic E-state index is 4.41. The molecular formula is C12H11NaS. The van der Waals surface area contributed by atoms with E-state index in [1.165, 1.54) is 11.1 Å². The van der Waals surface area contributed by atoms with Crippen LogP contribution in [0, 0.1) is 0 Å². The molecule has 0 saturated heterocycles. The number of benzene rings is 2. The van der Waals surface area contributed by atoms with Crippen LogP contribution in [0.25, 0.3) is 11.1 Å². The van der Waals surface area contributed by atoms with Crippen LogP contribution in [0.5, 0.6) is 0 Å². The Kier molecular flexibility index (Phi) is 4.76. The van der Waals surface area contributed by atoms with Gasteiger partial charge in [0.15, 0.2) is 0 Å². The van der Waals surface area contributed by atoms with Gasteiger partial charge in [-0.15, -0.1) is 12.6 Å². The molecule has 14 heavy (non-hydrogen) atoms. The predicted molar refractivity (Wildman–Crippen MR) is 60.2 cm³/mol. The molecule has 0 atom stereocenters. The van der Waals surface area contributed by atoms with Crippen LogP contribution in [0.1, 0.15) is 1.43 Å². The van der Waals surface area contributed by atoms with Crippen molar-refractivity contribution in [2.45, 2.75) is 4.90 Å². The third kappa shape index (κ3) is 2.64. The molecule has 0 aliphatic carbocycles. The average molecular weight is 210 g/mol. The number of hydrogen-bond acceptors (Lipinski definition) is 1. The molecule has 2 aromatic rings. The van der Waals surface area contributed by atoms with Crippen LogP contribution in [0.3, 0.4) is 0 Å². The molecule has 0 spiro atoms. The van der Waals surface area contributed by atoms with Crippen LogP contribution in [0.4, 0.5) is 0 Å². The van der Waals surface area contributed by atoms with Gasteiger partial charge >= 0.3 is 29.6 Å². The van der Waals surface area contributed by atoms with E-state index in [0.717, 1.165) is 4.90 Å². The van der Waals surface area contributed by atoms with Gasteiger partial charge in [-0.2, -0.15) is 0 Å². The second-order valence-corrected chi connectivity index (χ2v) is 3.36. The fraction of sp³-hybridized carbons (Fsp3) is 0. The predicted octanol–water partition coefficient (Wildman–Crippen LogP) is 0.759. The Hall–Kier alpha value is -0.210. The fourth-order valence-electron chi connectivity index (χ4n) is 1.34. The SMILES string of the molecule is Sc1ccccc1-c1ccccc1.[H-].[Na+]. The van der Waals surface area contributed by atoms with Crippen molar-refractivity contribution in [2.24, 2.45) is 0 Å². The third-order valence-electron chi connectivity index (χ3n) is 1.99. The first-order valence-corrected chi connectivity index (χ1v) is 4.66. The zero-order valence-electron chi connectivity index (χ0n) is 9.14. The Morgan fingerprint density at radius 2 is 1.36 bits per heavy atom. The van der Waals surface area contributed by atoms with Crippen LogP contribution < -0.4 is 29.6 Å². The summed E-state index contributed by atoms with van der Waals surface area (Å²) in [6.07, 6.45) is 0. The fourth-order valence-corrected chi connectivity index (χ4v) is 1.63. The van der Waals surface area contributed by atoms with Gasteiger partial charge in [0.1, 0.15) is 0 Å². The molecule has 0 nitrogen and oxygen atoms in total.